The summed E-state index contributed by atoms with van der Waals surface area (Å²) in [6.07, 6.45) is 0.561. The molecule has 0 aliphatic rings. The predicted octanol–water partition coefficient (Wildman–Crippen LogP) is 2.91. The molecule has 0 bridgehead atoms. The van der Waals surface area contributed by atoms with Gasteiger partial charge in [0.25, 0.3) is 5.91 Å². The lowest BCUT2D eigenvalue weighted by atomic mass is 10.1. The normalized spacial score (nSPS) is 10.4. The summed E-state index contributed by atoms with van der Waals surface area (Å²) in [6.45, 7) is 5.88. The first kappa shape index (κ1) is 18.8. The Labute approximate surface area is 149 Å². The summed E-state index contributed by atoms with van der Waals surface area (Å²) in [7, 11) is 0. The van der Waals surface area contributed by atoms with Crippen molar-refractivity contribution in [2.75, 3.05) is 31.6 Å². The molecule has 0 aromatic heterocycles. The Hall–Kier alpha value is -2.53. The molecule has 5 heteroatoms. The van der Waals surface area contributed by atoms with Crippen molar-refractivity contribution in [1.29, 1.82) is 0 Å². The zero-order valence-corrected chi connectivity index (χ0v) is 14.8. The molecule has 0 unspecified atom stereocenters. The highest BCUT2D eigenvalue weighted by molar-refractivity contribution is 5.94. The van der Waals surface area contributed by atoms with Gasteiger partial charge in [0.2, 0.25) is 0 Å². The molecular formula is C20H26N2O3. The van der Waals surface area contributed by atoms with Crippen LogP contribution in [0.4, 0.5) is 5.69 Å². The van der Waals surface area contributed by atoms with Crippen LogP contribution in [0.3, 0.4) is 0 Å². The standard InChI is InChI=1S/C20H26N2O3/c1-15-4-5-16(2)19(14-15)25-13-11-21-18-8-6-17(7-9-18)20(24)22-10-3-12-23/h4-9,14,21,23H,3,10-13H2,1-2H3,(H,22,24). The molecule has 0 heterocycles. The second-order valence-corrected chi connectivity index (χ2v) is 5.95. The van der Waals surface area contributed by atoms with E-state index in [9.17, 15) is 4.79 Å². The number of hydrogen-bond acceptors (Lipinski definition) is 4. The van der Waals surface area contributed by atoms with E-state index in [1.54, 1.807) is 12.1 Å². The van der Waals surface area contributed by atoms with Gasteiger partial charge in [-0.2, -0.15) is 0 Å². The van der Waals surface area contributed by atoms with Crippen molar-refractivity contribution in [3.8, 4) is 5.75 Å². The first-order chi connectivity index (χ1) is 12.1. The topological polar surface area (TPSA) is 70.6 Å². The van der Waals surface area contributed by atoms with Crippen LogP contribution >= 0.6 is 0 Å². The number of aryl methyl sites for hydroxylation is 2. The van der Waals surface area contributed by atoms with Gasteiger partial charge in [-0.15, -0.1) is 0 Å². The van der Waals surface area contributed by atoms with Crippen LogP contribution in [0.5, 0.6) is 5.75 Å². The van der Waals surface area contributed by atoms with Crippen LogP contribution in [0, 0.1) is 13.8 Å². The number of nitrogens with one attached hydrogen (secondary N) is 2. The number of aliphatic hydroxyl groups is 1. The number of anilines is 1. The minimum absolute atomic E-state index is 0.0767. The number of benzene rings is 2. The van der Waals surface area contributed by atoms with E-state index < -0.39 is 0 Å². The average molecular weight is 342 g/mol. The van der Waals surface area contributed by atoms with Crippen LogP contribution in [0.2, 0.25) is 0 Å². The third kappa shape index (κ3) is 6.12. The SMILES string of the molecule is Cc1ccc(C)c(OCCNc2ccc(C(=O)NCCCO)cc2)c1. The van der Waals surface area contributed by atoms with Crippen molar-refractivity contribution in [2.24, 2.45) is 0 Å². The smallest absolute Gasteiger partial charge is 0.251 e. The monoisotopic (exact) mass is 342 g/mol. The minimum Gasteiger partial charge on any atom is -0.491 e. The number of ether oxygens (including phenoxy) is 1. The van der Waals surface area contributed by atoms with Crippen LogP contribution in [-0.4, -0.2) is 37.3 Å². The molecule has 3 N–H and O–H groups in total. The molecule has 5 nitrogen and oxygen atoms in total. The molecule has 0 spiro atoms. The van der Waals surface area contributed by atoms with E-state index in [2.05, 4.69) is 22.8 Å². The Kier molecular flexibility index (Phi) is 7.29. The first-order valence-corrected chi connectivity index (χ1v) is 8.53. The average Bonchev–Trinajstić information content (AvgIpc) is 2.62. The Balaban J connectivity index is 1.76. The first-order valence-electron chi connectivity index (χ1n) is 8.53. The van der Waals surface area contributed by atoms with Crippen molar-refractivity contribution < 1.29 is 14.6 Å². The summed E-state index contributed by atoms with van der Waals surface area (Å²) in [4.78, 5) is 11.9. The van der Waals surface area contributed by atoms with Crippen molar-refractivity contribution in [3.05, 3.63) is 59.2 Å². The van der Waals surface area contributed by atoms with E-state index in [1.165, 1.54) is 5.56 Å². The minimum atomic E-state index is -0.127. The molecule has 0 atom stereocenters. The van der Waals surface area contributed by atoms with Gasteiger partial charge in [0.15, 0.2) is 0 Å². The summed E-state index contributed by atoms with van der Waals surface area (Å²) in [5, 5.41) is 14.8. The Bertz CT molecular complexity index is 684. The molecular weight excluding hydrogens is 316 g/mol. The zero-order valence-electron chi connectivity index (χ0n) is 14.8. The summed E-state index contributed by atoms with van der Waals surface area (Å²) in [5.41, 5.74) is 3.86. The zero-order chi connectivity index (χ0) is 18.1. The van der Waals surface area contributed by atoms with Gasteiger partial charge in [-0.25, -0.2) is 0 Å². The van der Waals surface area contributed by atoms with Crippen molar-refractivity contribution >= 4 is 11.6 Å². The van der Waals surface area contributed by atoms with Crippen LogP contribution in [-0.2, 0) is 0 Å². The maximum Gasteiger partial charge on any atom is 0.251 e. The third-order valence-electron chi connectivity index (χ3n) is 3.80. The fourth-order valence-electron chi connectivity index (χ4n) is 2.34. The molecule has 0 aliphatic carbocycles. The maximum atomic E-state index is 11.9. The lowest BCUT2D eigenvalue weighted by Crippen LogP contribution is -2.24. The van der Waals surface area contributed by atoms with Gasteiger partial charge in [0, 0.05) is 30.9 Å². The van der Waals surface area contributed by atoms with Gasteiger partial charge in [-0.1, -0.05) is 12.1 Å². The summed E-state index contributed by atoms with van der Waals surface area (Å²) < 4.78 is 5.81. The van der Waals surface area contributed by atoms with E-state index in [4.69, 9.17) is 9.84 Å². The second kappa shape index (κ2) is 9.69. The van der Waals surface area contributed by atoms with Crippen molar-refractivity contribution in [1.82, 2.24) is 5.32 Å². The van der Waals surface area contributed by atoms with E-state index in [0.29, 0.717) is 31.7 Å². The predicted molar refractivity (Wildman–Crippen MR) is 100 cm³/mol. The fraction of sp³-hybridized carbons (Fsp3) is 0.350. The van der Waals surface area contributed by atoms with Crippen molar-refractivity contribution in [3.63, 3.8) is 0 Å². The van der Waals surface area contributed by atoms with Gasteiger partial charge in [-0.05, 0) is 61.7 Å². The molecule has 2 aromatic rings. The van der Waals surface area contributed by atoms with Crippen LogP contribution in [0.25, 0.3) is 0 Å². The van der Waals surface area contributed by atoms with Gasteiger partial charge in [0.1, 0.15) is 12.4 Å². The molecule has 1 amide bonds. The second-order valence-electron chi connectivity index (χ2n) is 5.95. The number of aliphatic hydroxyl groups excluding tert-OH is 1. The Morgan fingerprint density at radius 2 is 1.84 bits per heavy atom. The lowest BCUT2D eigenvalue weighted by molar-refractivity contribution is 0.0951. The van der Waals surface area contributed by atoms with Crippen LogP contribution < -0.4 is 15.4 Å². The molecule has 134 valence electrons. The van der Waals surface area contributed by atoms with Gasteiger partial charge in [-0.3, -0.25) is 4.79 Å². The fourth-order valence-corrected chi connectivity index (χ4v) is 2.34. The van der Waals surface area contributed by atoms with E-state index in [0.717, 1.165) is 17.0 Å². The van der Waals surface area contributed by atoms with E-state index in [-0.39, 0.29) is 12.5 Å². The third-order valence-corrected chi connectivity index (χ3v) is 3.80. The van der Waals surface area contributed by atoms with E-state index >= 15 is 0 Å². The summed E-state index contributed by atoms with van der Waals surface area (Å²) >= 11 is 0. The number of carbonyl (C=O) groups excluding carboxylic acids is 1. The molecule has 25 heavy (non-hydrogen) atoms. The molecule has 2 rings (SSSR count). The Morgan fingerprint density at radius 3 is 2.56 bits per heavy atom. The molecule has 0 aliphatic heterocycles. The molecule has 0 saturated carbocycles. The highest BCUT2D eigenvalue weighted by Gasteiger charge is 2.04. The maximum absolute atomic E-state index is 11.9. The molecule has 0 radical (unpaired) electrons. The number of hydrogen-bond donors (Lipinski definition) is 3. The number of rotatable bonds is 9. The molecule has 0 fully saturated rings. The highest BCUT2D eigenvalue weighted by atomic mass is 16.5. The van der Waals surface area contributed by atoms with Gasteiger partial charge in [0.05, 0.1) is 0 Å². The van der Waals surface area contributed by atoms with E-state index in [1.807, 2.05) is 32.0 Å². The summed E-state index contributed by atoms with van der Waals surface area (Å²) in [5.74, 6) is 0.787. The largest absolute Gasteiger partial charge is 0.491 e. The summed E-state index contributed by atoms with van der Waals surface area (Å²) in [6, 6.07) is 13.5. The molecule has 0 saturated heterocycles. The van der Waals surface area contributed by atoms with Crippen LogP contribution in [0.1, 0.15) is 27.9 Å². The molecule has 2 aromatic carbocycles. The van der Waals surface area contributed by atoms with Crippen LogP contribution in [0.15, 0.2) is 42.5 Å². The van der Waals surface area contributed by atoms with Crippen molar-refractivity contribution in [2.45, 2.75) is 20.3 Å². The quantitative estimate of drug-likeness (QED) is 0.613. The number of amides is 1. The Morgan fingerprint density at radius 1 is 1.08 bits per heavy atom. The number of carbonyl (C=O) groups is 1. The van der Waals surface area contributed by atoms with Gasteiger partial charge >= 0.3 is 0 Å². The van der Waals surface area contributed by atoms with Gasteiger partial charge < -0.3 is 20.5 Å². The lowest BCUT2D eigenvalue weighted by Gasteiger charge is -2.11. The highest BCUT2D eigenvalue weighted by Crippen LogP contribution is 2.19.